The number of benzene rings is 2. The third kappa shape index (κ3) is 11.0. The maximum Gasteiger partial charge on any atom is 0.330 e. The van der Waals surface area contributed by atoms with Crippen LogP contribution >= 0.6 is 0 Å². The number of hydrogen-bond acceptors (Lipinski definition) is 18. The lowest BCUT2D eigenvalue weighted by atomic mass is 10.1. The normalized spacial score (nSPS) is 17.8. The van der Waals surface area contributed by atoms with E-state index in [0.717, 1.165) is 51.4 Å². The average molecular weight is 983 g/mol. The molecule has 4 amide bonds. The van der Waals surface area contributed by atoms with Gasteiger partial charge in [0.25, 0.3) is 0 Å². The standard InChI is InChI=1S/2C23H30FN5O6/c2*1-34-15-7-16(20(24)19(8-15)35-2)28-11-13-9-25-22(26-10-17(31)18(32)12-30)27-21(13)29(23(28)33)14-5-3-4-6-14/h2*7-9,14,17-18,30-32H,3-6,10-12H2,1-2H3,(H,25,26,27)/t2*17-,18-/m00/s1. The molecule has 8 N–H and O–H groups in total. The van der Waals surface area contributed by atoms with Crippen molar-refractivity contribution >= 4 is 47.0 Å². The van der Waals surface area contributed by atoms with Crippen LogP contribution in [-0.4, -0.2) is 154 Å². The van der Waals surface area contributed by atoms with Gasteiger partial charge in [0.05, 0.1) is 78.3 Å². The van der Waals surface area contributed by atoms with Gasteiger partial charge < -0.3 is 60.2 Å². The van der Waals surface area contributed by atoms with E-state index in [0.29, 0.717) is 34.3 Å². The van der Waals surface area contributed by atoms with E-state index >= 15 is 8.78 Å². The lowest BCUT2D eigenvalue weighted by molar-refractivity contribution is -0.00709. The zero-order valence-corrected chi connectivity index (χ0v) is 39.3. The van der Waals surface area contributed by atoms with Gasteiger partial charge in [-0.05, 0) is 25.7 Å². The molecule has 2 aliphatic heterocycles. The summed E-state index contributed by atoms with van der Waals surface area (Å²) in [7, 11) is 5.60. The molecule has 8 rings (SSSR count). The van der Waals surface area contributed by atoms with Gasteiger partial charge in [-0.2, -0.15) is 9.97 Å². The van der Waals surface area contributed by atoms with Crippen molar-refractivity contribution in [2.75, 3.05) is 85.0 Å². The number of nitrogens with zero attached hydrogens (tertiary/aromatic N) is 8. The maximum atomic E-state index is 15.3. The third-order valence-electron chi connectivity index (χ3n) is 12.7. The highest BCUT2D eigenvalue weighted by molar-refractivity contribution is 6.07. The average Bonchev–Trinajstić information content (AvgIpc) is 4.13. The van der Waals surface area contributed by atoms with E-state index < -0.39 is 61.3 Å². The number of carbonyl (C=O) groups excluding carboxylic acids is 2. The minimum atomic E-state index is -1.31. The second-order valence-electron chi connectivity index (χ2n) is 17.2. The van der Waals surface area contributed by atoms with Crippen LogP contribution in [0.4, 0.5) is 53.3 Å². The summed E-state index contributed by atoms with van der Waals surface area (Å²) in [4.78, 5) is 50.9. The molecule has 2 aromatic heterocycles. The van der Waals surface area contributed by atoms with Crippen LogP contribution in [0.3, 0.4) is 0 Å². The molecular weight excluding hydrogens is 923 g/mol. The summed E-state index contributed by atoms with van der Waals surface area (Å²) < 4.78 is 51.4. The van der Waals surface area contributed by atoms with Crippen LogP contribution in [-0.2, 0) is 13.1 Å². The Morgan fingerprint density at radius 3 is 1.30 bits per heavy atom. The molecule has 22 nitrogen and oxygen atoms in total. The first kappa shape index (κ1) is 51.4. The quantitative estimate of drug-likeness (QED) is 0.0710. The Hall–Kier alpha value is -6.44. The van der Waals surface area contributed by atoms with Crippen LogP contribution in [0.25, 0.3) is 0 Å². The first-order valence-corrected chi connectivity index (χ1v) is 22.9. The summed E-state index contributed by atoms with van der Waals surface area (Å²) in [6.45, 7) is -1.29. The summed E-state index contributed by atoms with van der Waals surface area (Å²) in [6, 6.07) is 4.70. The van der Waals surface area contributed by atoms with Crippen LogP contribution in [0, 0.1) is 11.6 Å². The molecule has 4 atom stereocenters. The fourth-order valence-corrected chi connectivity index (χ4v) is 8.83. The second-order valence-corrected chi connectivity index (χ2v) is 17.2. The number of halogens is 2. The number of carbonyl (C=O) groups is 2. The van der Waals surface area contributed by atoms with Crippen molar-refractivity contribution in [1.82, 2.24) is 19.9 Å². The summed E-state index contributed by atoms with van der Waals surface area (Å²) in [5.74, 6) is 0.435. The predicted octanol–water partition coefficient (Wildman–Crippen LogP) is 3.30. The fraction of sp³-hybridized carbons (Fsp3) is 0.522. The number of amides is 4. The van der Waals surface area contributed by atoms with E-state index in [-0.39, 0.29) is 73.0 Å². The van der Waals surface area contributed by atoms with Crippen molar-refractivity contribution in [2.45, 2.75) is 101 Å². The van der Waals surface area contributed by atoms with E-state index in [2.05, 4.69) is 30.6 Å². The summed E-state index contributed by atoms with van der Waals surface area (Å²) in [5.41, 5.74) is 1.31. The number of aromatic nitrogens is 4. The molecule has 0 bridgehead atoms. The van der Waals surface area contributed by atoms with Crippen molar-refractivity contribution in [1.29, 1.82) is 0 Å². The Labute approximate surface area is 402 Å². The van der Waals surface area contributed by atoms with Gasteiger partial charge >= 0.3 is 12.1 Å². The molecule has 2 aliphatic carbocycles. The van der Waals surface area contributed by atoms with Gasteiger partial charge in [0.1, 0.15) is 35.3 Å². The highest BCUT2D eigenvalue weighted by Crippen LogP contribution is 2.42. The monoisotopic (exact) mass is 982 g/mol. The molecule has 0 radical (unpaired) electrons. The van der Waals surface area contributed by atoms with E-state index in [1.165, 1.54) is 62.5 Å². The van der Waals surface area contributed by atoms with Crippen LogP contribution in [0.5, 0.6) is 23.0 Å². The molecule has 4 heterocycles. The zero-order chi connectivity index (χ0) is 50.2. The van der Waals surface area contributed by atoms with Crippen molar-refractivity contribution < 1.29 is 68.0 Å². The van der Waals surface area contributed by atoms with Gasteiger partial charge in [0, 0.05) is 73.0 Å². The van der Waals surface area contributed by atoms with E-state index in [4.69, 9.17) is 29.2 Å². The Morgan fingerprint density at radius 2 is 0.971 bits per heavy atom. The number of hydrogen-bond donors (Lipinski definition) is 8. The Bertz CT molecular complexity index is 2300. The van der Waals surface area contributed by atoms with Crippen LogP contribution in [0.2, 0.25) is 0 Å². The Balaban J connectivity index is 0.000000206. The van der Waals surface area contributed by atoms with Crippen LogP contribution in [0.15, 0.2) is 36.7 Å². The molecule has 4 aliphatic rings. The van der Waals surface area contributed by atoms with Gasteiger partial charge in [0.15, 0.2) is 23.1 Å². The summed E-state index contributed by atoms with van der Waals surface area (Å²) in [6.07, 6.45) is 5.05. The van der Waals surface area contributed by atoms with Crippen LogP contribution in [0.1, 0.15) is 62.5 Å². The number of aliphatic hydroxyl groups is 6. The maximum absolute atomic E-state index is 15.3. The highest BCUT2D eigenvalue weighted by atomic mass is 19.1. The van der Waals surface area contributed by atoms with E-state index in [9.17, 15) is 30.0 Å². The highest BCUT2D eigenvalue weighted by Gasteiger charge is 2.42. The van der Waals surface area contributed by atoms with Gasteiger partial charge in [-0.3, -0.25) is 19.6 Å². The Kier molecular flexibility index (Phi) is 16.9. The summed E-state index contributed by atoms with van der Waals surface area (Å²) in [5, 5.41) is 62.6. The number of methoxy groups -OCH3 is 4. The number of urea groups is 2. The molecule has 2 aromatic carbocycles. The number of fused-ring (bicyclic) bond motifs is 2. The molecule has 0 unspecified atom stereocenters. The lowest BCUT2D eigenvalue weighted by Gasteiger charge is -2.39. The van der Waals surface area contributed by atoms with E-state index in [1.807, 2.05) is 0 Å². The smallest absolute Gasteiger partial charge is 0.330 e. The molecule has 0 saturated heterocycles. The van der Waals surface area contributed by atoms with Crippen molar-refractivity contribution in [2.24, 2.45) is 0 Å². The Morgan fingerprint density at radius 1 is 0.600 bits per heavy atom. The molecular formula is C46H60F2N10O12. The van der Waals surface area contributed by atoms with E-state index in [1.54, 1.807) is 22.2 Å². The first-order valence-electron chi connectivity index (χ1n) is 22.9. The molecule has 2 saturated carbocycles. The molecule has 4 aromatic rings. The van der Waals surface area contributed by atoms with Gasteiger partial charge in [-0.15, -0.1) is 0 Å². The molecule has 0 spiro atoms. The number of aliphatic hydroxyl groups excluding tert-OH is 6. The van der Waals surface area contributed by atoms with Crippen molar-refractivity contribution in [3.8, 4) is 23.0 Å². The van der Waals surface area contributed by atoms with Gasteiger partial charge in [-0.1, -0.05) is 25.7 Å². The second kappa shape index (κ2) is 23.0. The molecule has 380 valence electrons. The first-order chi connectivity index (χ1) is 33.7. The predicted molar refractivity (Wildman–Crippen MR) is 251 cm³/mol. The fourth-order valence-electron chi connectivity index (χ4n) is 8.83. The topological polar surface area (TPSA) is 281 Å². The van der Waals surface area contributed by atoms with Crippen molar-refractivity contribution in [3.05, 3.63) is 59.4 Å². The zero-order valence-electron chi connectivity index (χ0n) is 39.3. The van der Waals surface area contributed by atoms with Gasteiger partial charge in [-0.25, -0.2) is 28.3 Å². The molecule has 24 heteroatoms. The number of nitrogens with one attached hydrogen (secondary N) is 2. The molecule has 2 fully saturated rings. The molecule has 70 heavy (non-hydrogen) atoms. The third-order valence-corrected chi connectivity index (χ3v) is 12.7. The minimum Gasteiger partial charge on any atom is -0.497 e. The summed E-state index contributed by atoms with van der Waals surface area (Å²) >= 11 is 0. The van der Waals surface area contributed by atoms with Crippen LogP contribution < -0.4 is 49.2 Å². The SMILES string of the molecule is COc1cc(OC)c(F)c(N2Cc3cnc(NC[C@H](O)[C@@H](O)CO)nc3N(C3CCCC3)C2=O)c1.COc1cc(OC)c(F)c(N2Cc3cnc(NC[C@H](O)[C@@H](O)CO)nc3N(C3CCCC3)C2=O)c1. The minimum absolute atomic E-state index is 0.0307. The number of ether oxygens (including phenoxy) is 4. The number of rotatable bonds is 18. The number of anilines is 6. The van der Waals surface area contributed by atoms with Crippen molar-refractivity contribution in [3.63, 3.8) is 0 Å². The van der Waals surface area contributed by atoms with Gasteiger partial charge in [0.2, 0.25) is 11.9 Å². The lowest BCUT2D eigenvalue weighted by Crippen LogP contribution is -2.52. The largest absolute Gasteiger partial charge is 0.497 e.